The molecule has 3 N–H and O–H groups in total. The Hall–Kier alpha value is -5.31. The molecule has 6 aromatic rings. The highest BCUT2D eigenvalue weighted by Crippen LogP contribution is 2.38. The van der Waals surface area contributed by atoms with E-state index in [1.54, 1.807) is 11.3 Å². The number of carbonyl (C=O) groups is 2. The lowest BCUT2D eigenvalue weighted by atomic mass is 10.2. The van der Waals surface area contributed by atoms with Crippen LogP contribution in [0.2, 0.25) is 0 Å². The minimum absolute atomic E-state index is 0.0417. The Bertz CT molecular complexity index is 2690. The van der Waals surface area contributed by atoms with Crippen molar-refractivity contribution >= 4 is 92.3 Å². The van der Waals surface area contributed by atoms with Crippen LogP contribution in [-0.4, -0.2) is 64.6 Å². The van der Waals surface area contributed by atoms with E-state index in [1.807, 2.05) is 37.3 Å². The number of amides is 1. The van der Waals surface area contributed by atoms with Crippen molar-refractivity contribution in [2.45, 2.75) is 22.8 Å². The molecule has 1 amide bonds. The fourth-order valence-electron chi connectivity index (χ4n) is 5.05. The van der Waals surface area contributed by atoms with Gasteiger partial charge in [0.25, 0.3) is 26.1 Å². The summed E-state index contributed by atoms with van der Waals surface area (Å²) in [6.07, 6.45) is 0. The number of nitrogens with zero attached hydrogens (tertiary/aromatic N) is 6. The minimum atomic E-state index is -4.91. The lowest BCUT2D eigenvalue weighted by Crippen LogP contribution is -2.33. The molecule has 1 aliphatic heterocycles. The summed E-state index contributed by atoms with van der Waals surface area (Å²) in [6.45, 7) is 2.02. The van der Waals surface area contributed by atoms with Crippen LogP contribution in [0.5, 0.6) is 0 Å². The van der Waals surface area contributed by atoms with Gasteiger partial charge in [-0.25, -0.2) is 14.8 Å². The number of hydrazone groups is 1. The summed E-state index contributed by atoms with van der Waals surface area (Å²) in [7, 11) is -9.44. The Kier molecular flexibility index (Phi) is 8.12. The first-order chi connectivity index (χ1) is 23.7. The third-order valence-electron chi connectivity index (χ3n) is 7.45. The molecule has 0 fully saturated rings. The minimum Gasteiger partial charge on any atom is -0.477 e. The molecule has 0 saturated heterocycles. The van der Waals surface area contributed by atoms with Crippen molar-refractivity contribution < 1.29 is 40.6 Å². The number of aliphatic carboxylic acids is 1. The first kappa shape index (κ1) is 33.2. The van der Waals surface area contributed by atoms with Gasteiger partial charge >= 0.3 is 5.97 Å². The average Bonchev–Trinajstić information content (AvgIpc) is 3.77. The lowest BCUT2D eigenvalue weighted by molar-refractivity contribution is -0.130. The highest BCUT2D eigenvalue weighted by molar-refractivity contribution is 7.86. The fraction of sp³-hybridized carbons (Fsp3) is 0.0645. The third-order valence-corrected chi connectivity index (χ3v) is 11.3. The number of azo groups is 1. The van der Waals surface area contributed by atoms with Gasteiger partial charge in [-0.05, 0) is 85.3 Å². The molecule has 0 aliphatic carbocycles. The second kappa shape index (κ2) is 12.2. The molecule has 0 saturated carbocycles. The van der Waals surface area contributed by atoms with E-state index >= 15 is 0 Å². The molecule has 1 unspecified atom stereocenters. The number of hydrogen-bond acceptors (Lipinski definition) is 13. The third kappa shape index (κ3) is 6.28. The Morgan fingerprint density at radius 2 is 1.40 bits per heavy atom. The van der Waals surface area contributed by atoms with Crippen LogP contribution in [-0.2, 0) is 29.8 Å². The Morgan fingerprint density at radius 3 is 2.02 bits per heavy atom. The number of hydrogen-bond donors (Lipinski definition) is 3. The van der Waals surface area contributed by atoms with Gasteiger partial charge in [-0.2, -0.15) is 37.2 Å². The van der Waals surface area contributed by atoms with E-state index in [0.29, 0.717) is 21.1 Å². The number of benzene rings is 4. The van der Waals surface area contributed by atoms with Gasteiger partial charge in [-0.15, -0.1) is 22.7 Å². The first-order valence-electron chi connectivity index (χ1n) is 14.2. The summed E-state index contributed by atoms with van der Waals surface area (Å²) in [5.41, 5.74) is 2.72. The van der Waals surface area contributed by atoms with Gasteiger partial charge in [-0.1, -0.05) is 6.07 Å². The van der Waals surface area contributed by atoms with Crippen LogP contribution in [0.25, 0.3) is 41.6 Å². The zero-order valence-corrected chi connectivity index (χ0v) is 28.5. The van der Waals surface area contributed by atoms with Crippen LogP contribution in [0.4, 0.5) is 11.4 Å². The molecular formula is C31H20N6O9S4. The summed E-state index contributed by atoms with van der Waals surface area (Å²) >= 11 is 2.85. The molecule has 0 radical (unpaired) electrons. The van der Waals surface area contributed by atoms with Crippen molar-refractivity contribution in [2.24, 2.45) is 15.3 Å². The molecule has 2 aromatic heterocycles. The first-order valence-corrected chi connectivity index (χ1v) is 18.7. The number of carbonyl (C=O) groups excluding carboxylic acids is 1. The molecule has 7 rings (SSSR count). The van der Waals surface area contributed by atoms with Crippen molar-refractivity contribution in [3.8, 4) is 21.1 Å². The summed E-state index contributed by atoms with van der Waals surface area (Å²) in [6, 6.07) is 18.0. The van der Waals surface area contributed by atoms with Crippen LogP contribution in [0, 0.1) is 6.92 Å². The zero-order valence-electron chi connectivity index (χ0n) is 25.2. The lowest BCUT2D eigenvalue weighted by Gasteiger charge is -2.12. The number of aryl methyl sites for hydroxylation is 1. The average molecular weight is 749 g/mol. The second-order valence-corrected chi connectivity index (χ2v) is 15.7. The standard InChI is InChI=1S/C31H20N6O9S4/c1-15-2-9-20-23(12-15)47-28(32-20)16-3-10-21-24(13-16)48-29(33-21)17-4-11-22(25(14-17)50(44,45)46)34-35-26-27(31(39)40)36-37(30(26)38)18-5-7-19(8-6-18)49(41,42)43/h2-14,26H,1H3,(H,39,40)(H,41,42,43)(H,44,45,46). The van der Waals surface area contributed by atoms with Crippen molar-refractivity contribution in [1.29, 1.82) is 0 Å². The molecule has 0 bridgehead atoms. The summed E-state index contributed by atoms with van der Waals surface area (Å²) < 4.78 is 68.8. The molecule has 4 aromatic carbocycles. The molecule has 50 heavy (non-hydrogen) atoms. The van der Waals surface area contributed by atoms with E-state index in [0.717, 1.165) is 61.4 Å². The van der Waals surface area contributed by atoms with E-state index in [-0.39, 0.29) is 11.4 Å². The molecular weight excluding hydrogens is 729 g/mol. The van der Waals surface area contributed by atoms with Gasteiger partial charge in [0.15, 0.2) is 5.71 Å². The molecule has 0 spiro atoms. The van der Waals surface area contributed by atoms with Crippen molar-refractivity contribution in [3.63, 3.8) is 0 Å². The number of thiazole rings is 2. The molecule has 19 heteroatoms. The molecule has 1 aliphatic rings. The highest BCUT2D eigenvalue weighted by Gasteiger charge is 2.41. The SMILES string of the molecule is Cc1ccc2nc(-c3ccc4nc(-c5ccc(N=NC6C(=O)N(c7ccc(S(=O)(=O)O)cc7)N=C6C(=O)O)c(S(=O)(=O)O)c5)sc4c3)sc2c1. The summed E-state index contributed by atoms with van der Waals surface area (Å²) in [4.78, 5) is 33.3. The van der Waals surface area contributed by atoms with E-state index in [1.165, 1.54) is 23.5 Å². The maximum Gasteiger partial charge on any atom is 0.355 e. The van der Waals surface area contributed by atoms with Crippen LogP contribution in [0.1, 0.15) is 5.56 Å². The van der Waals surface area contributed by atoms with Gasteiger partial charge < -0.3 is 5.11 Å². The number of fused-ring (bicyclic) bond motifs is 2. The highest BCUT2D eigenvalue weighted by atomic mass is 32.2. The zero-order chi connectivity index (χ0) is 35.5. The number of aromatic nitrogens is 2. The predicted octanol–water partition coefficient (Wildman–Crippen LogP) is 5.98. The predicted molar refractivity (Wildman–Crippen MR) is 185 cm³/mol. The van der Waals surface area contributed by atoms with Gasteiger partial charge in [0.1, 0.15) is 20.6 Å². The summed E-state index contributed by atoms with van der Waals surface area (Å²) in [5.74, 6) is -2.62. The normalized spacial score (nSPS) is 15.4. The maximum atomic E-state index is 13.2. The van der Waals surface area contributed by atoms with Gasteiger partial charge in [-0.3, -0.25) is 13.9 Å². The number of rotatable bonds is 8. The largest absolute Gasteiger partial charge is 0.477 e. The quantitative estimate of drug-likeness (QED) is 0.121. The smallest absolute Gasteiger partial charge is 0.355 e. The van der Waals surface area contributed by atoms with Crippen LogP contribution < -0.4 is 5.01 Å². The maximum absolute atomic E-state index is 13.2. The number of carboxylic acids is 1. The van der Waals surface area contributed by atoms with E-state index < -0.39 is 53.7 Å². The van der Waals surface area contributed by atoms with E-state index in [2.05, 4.69) is 26.4 Å². The van der Waals surface area contributed by atoms with Gasteiger partial charge in [0, 0.05) is 11.1 Å². The van der Waals surface area contributed by atoms with Crippen LogP contribution in [0.3, 0.4) is 0 Å². The Balaban J connectivity index is 1.19. The topological polar surface area (TPSA) is 229 Å². The fourth-order valence-corrected chi connectivity index (χ4v) is 8.24. The summed E-state index contributed by atoms with van der Waals surface area (Å²) in [5, 5.41) is 23.0. The second-order valence-electron chi connectivity index (χ2n) is 10.9. The number of anilines is 1. The molecule has 15 nitrogen and oxygen atoms in total. The van der Waals surface area contributed by atoms with Crippen LogP contribution >= 0.6 is 22.7 Å². The van der Waals surface area contributed by atoms with Gasteiger partial charge in [0.05, 0.1) is 31.0 Å². The Morgan fingerprint density at radius 1 is 0.800 bits per heavy atom. The van der Waals surface area contributed by atoms with Crippen molar-refractivity contribution in [3.05, 3.63) is 84.4 Å². The van der Waals surface area contributed by atoms with E-state index in [4.69, 9.17) is 4.98 Å². The molecule has 1 atom stereocenters. The monoisotopic (exact) mass is 748 g/mol. The molecule has 3 heterocycles. The van der Waals surface area contributed by atoms with Gasteiger partial charge in [0.2, 0.25) is 6.04 Å². The van der Waals surface area contributed by atoms with E-state index in [9.17, 15) is 40.6 Å². The molecule has 252 valence electrons. The number of carboxylic acid groups (broad SMARTS) is 1. The van der Waals surface area contributed by atoms with Crippen molar-refractivity contribution in [2.75, 3.05) is 5.01 Å². The van der Waals surface area contributed by atoms with Crippen molar-refractivity contribution in [1.82, 2.24) is 9.97 Å². The van der Waals surface area contributed by atoms with Crippen LogP contribution in [0.15, 0.2) is 104 Å². The Labute approximate surface area is 290 Å².